The van der Waals surface area contributed by atoms with Gasteiger partial charge >= 0.3 is 0 Å². The van der Waals surface area contributed by atoms with Crippen LogP contribution in [0.25, 0.3) is 54.6 Å². The molecule has 0 radical (unpaired) electrons. The molecule has 0 aliphatic rings. The van der Waals surface area contributed by atoms with E-state index >= 15 is 0 Å². The molecule has 0 aliphatic carbocycles. The van der Waals surface area contributed by atoms with Crippen molar-refractivity contribution in [2.45, 2.75) is 0 Å². The van der Waals surface area contributed by atoms with E-state index in [1.807, 2.05) is 24.3 Å². The molecule has 0 fully saturated rings. The minimum atomic E-state index is 0.574. The van der Waals surface area contributed by atoms with Gasteiger partial charge in [0.05, 0.1) is 10.7 Å². The lowest BCUT2D eigenvalue weighted by Gasteiger charge is -2.14. The topological polar surface area (TPSA) is 26.0 Å². The molecule has 2 heteroatoms. The van der Waals surface area contributed by atoms with E-state index in [1.165, 1.54) is 32.3 Å². The van der Waals surface area contributed by atoms with Crippen LogP contribution in [0.4, 0.5) is 5.69 Å². The molecule has 0 amide bonds. The fraction of sp³-hybridized carbons (Fsp3) is 0. The van der Waals surface area contributed by atoms with E-state index < -0.39 is 0 Å². The summed E-state index contributed by atoms with van der Waals surface area (Å²) in [6.45, 7) is 0. The molecule has 1 nitrogen and oxygen atoms in total. The zero-order chi connectivity index (χ0) is 21.7. The summed E-state index contributed by atoms with van der Waals surface area (Å²) in [5.74, 6) is 0. The Bertz CT molecular complexity index is 1600. The Morgan fingerprint density at radius 3 is 1.59 bits per heavy atom. The molecule has 2 N–H and O–H groups in total. The lowest BCUT2D eigenvalue weighted by molar-refractivity contribution is 1.59. The third-order valence-corrected chi connectivity index (χ3v) is 6.60. The van der Waals surface area contributed by atoms with E-state index in [2.05, 4.69) is 84.9 Å². The molecule has 0 saturated heterocycles. The predicted octanol–water partition coefficient (Wildman–Crippen LogP) is 8.72. The number of fused-ring (bicyclic) bond motifs is 6. The number of hydrogen-bond donors (Lipinski definition) is 1. The molecule has 6 aromatic rings. The number of nitrogens with two attached hydrogens (primary N) is 1. The highest BCUT2D eigenvalue weighted by molar-refractivity contribution is 6.34. The lowest BCUT2D eigenvalue weighted by Crippen LogP contribution is -1.93. The third-order valence-electron chi connectivity index (χ3n) is 6.29. The summed E-state index contributed by atoms with van der Waals surface area (Å²) in [5, 5.41) is 8.16. The molecule has 0 aromatic heterocycles. The van der Waals surface area contributed by atoms with Crippen LogP contribution in [0.5, 0.6) is 0 Å². The molecular formula is C30H20ClN. The number of anilines is 1. The van der Waals surface area contributed by atoms with Gasteiger partial charge in [-0.3, -0.25) is 0 Å². The van der Waals surface area contributed by atoms with Crippen molar-refractivity contribution in [3.63, 3.8) is 0 Å². The Kier molecular flexibility index (Phi) is 4.38. The van der Waals surface area contributed by atoms with E-state index in [9.17, 15) is 0 Å². The summed E-state index contributed by atoms with van der Waals surface area (Å²) in [5.41, 5.74) is 11.2. The molecule has 0 spiro atoms. The minimum absolute atomic E-state index is 0.574. The van der Waals surface area contributed by atoms with Crippen LogP contribution >= 0.6 is 11.6 Å². The SMILES string of the molecule is Nc1c(Cl)cc(-c2ccc3c4ccccc4c4ccccc4c3c2)cc1-c1ccccc1. The summed E-state index contributed by atoms with van der Waals surface area (Å²) in [6.07, 6.45) is 0. The van der Waals surface area contributed by atoms with Crippen LogP contribution in [0.15, 0.2) is 109 Å². The van der Waals surface area contributed by atoms with E-state index in [0.29, 0.717) is 10.7 Å². The summed E-state index contributed by atoms with van der Waals surface area (Å²) >= 11 is 6.59. The highest BCUT2D eigenvalue weighted by Gasteiger charge is 2.13. The van der Waals surface area contributed by atoms with Crippen molar-refractivity contribution in [1.82, 2.24) is 0 Å². The van der Waals surface area contributed by atoms with E-state index in [1.54, 1.807) is 0 Å². The van der Waals surface area contributed by atoms with Crippen LogP contribution in [0.2, 0.25) is 5.02 Å². The van der Waals surface area contributed by atoms with Gasteiger partial charge in [-0.25, -0.2) is 0 Å². The first-order valence-corrected chi connectivity index (χ1v) is 11.1. The van der Waals surface area contributed by atoms with Gasteiger partial charge in [-0.05, 0) is 67.2 Å². The molecule has 0 atom stereocenters. The van der Waals surface area contributed by atoms with E-state index in [-0.39, 0.29) is 0 Å². The molecule has 6 aromatic carbocycles. The van der Waals surface area contributed by atoms with Gasteiger partial charge in [0.25, 0.3) is 0 Å². The van der Waals surface area contributed by atoms with Crippen molar-refractivity contribution >= 4 is 49.6 Å². The zero-order valence-electron chi connectivity index (χ0n) is 17.3. The number of nitrogen functional groups attached to an aromatic ring is 1. The molecule has 152 valence electrons. The molecule has 0 unspecified atom stereocenters. The molecule has 6 rings (SSSR count). The molecule has 0 bridgehead atoms. The summed E-state index contributed by atoms with van der Waals surface area (Å²) in [6, 6.07) is 38.2. The van der Waals surface area contributed by atoms with Crippen LogP contribution in [0.1, 0.15) is 0 Å². The van der Waals surface area contributed by atoms with Gasteiger partial charge in [0.2, 0.25) is 0 Å². The number of rotatable bonds is 2. The monoisotopic (exact) mass is 429 g/mol. The molecule has 0 aliphatic heterocycles. The minimum Gasteiger partial charge on any atom is -0.397 e. The maximum Gasteiger partial charge on any atom is 0.0648 e. The largest absolute Gasteiger partial charge is 0.397 e. The highest BCUT2D eigenvalue weighted by Crippen LogP contribution is 2.40. The number of hydrogen-bond acceptors (Lipinski definition) is 1. The smallest absolute Gasteiger partial charge is 0.0648 e. The van der Waals surface area contributed by atoms with E-state index in [0.717, 1.165) is 22.3 Å². The van der Waals surface area contributed by atoms with Gasteiger partial charge in [-0.1, -0.05) is 103 Å². The predicted molar refractivity (Wildman–Crippen MR) is 139 cm³/mol. The highest BCUT2D eigenvalue weighted by atomic mass is 35.5. The maximum atomic E-state index is 6.59. The number of halogens is 1. The summed E-state index contributed by atoms with van der Waals surface area (Å²) in [7, 11) is 0. The Balaban J connectivity index is 1.64. The average molecular weight is 430 g/mol. The second kappa shape index (κ2) is 7.40. The molecular weight excluding hydrogens is 410 g/mol. The van der Waals surface area contributed by atoms with Crippen LogP contribution in [0, 0.1) is 0 Å². The molecule has 32 heavy (non-hydrogen) atoms. The van der Waals surface area contributed by atoms with Gasteiger partial charge in [-0.15, -0.1) is 0 Å². The quantitative estimate of drug-likeness (QED) is 0.216. The van der Waals surface area contributed by atoms with Crippen molar-refractivity contribution in [2.75, 3.05) is 5.73 Å². The van der Waals surface area contributed by atoms with Crippen LogP contribution in [-0.4, -0.2) is 0 Å². The van der Waals surface area contributed by atoms with Crippen molar-refractivity contribution < 1.29 is 0 Å². The van der Waals surface area contributed by atoms with Gasteiger partial charge < -0.3 is 5.73 Å². The fourth-order valence-corrected chi connectivity index (χ4v) is 4.95. The Hall–Kier alpha value is -3.81. The normalized spacial score (nSPS) is 11.4. The maximum absolute atomic E-state index is 6.59. The van der Waals surface area contributed by atoms with Crippen molar-refractivity contribution in [3.8, 4) is 22.3 Å². The number of benzene rings is 6. The first-order valence-electron chi connectivity index (χ1n) is 10.7. The Morgan fingerprint density at radius 2 is 0.969 bits per heavy atom. The van der Waals surface area contributed by atoms with Crippen molar-refractivity contribution in [3.05, 3.63) is 114 Å². The van der Waals surface area contributed by atoms with E-state index in [4.69, 9.17) is 17.3 Å². The Morgan fingerprint density at radius 1 is 0.438 bits per heavy atom. The summed E-state index contributed by atoms with van der Waals surface area (Å²) in [4.78, 5) is 0. The fourth-order valence-electron chi connectivity index (χ4n) is 4.73. The van der Waals surface area contributed by atoms with Crippen LogP contribution < -0.4 is 5.73 Å². The molecule has 0 saturated carbocycles. The summed E-state index contributed by atoms with van der Waals surface area (Å²) < 4.78 is 0. The van der Waals surface area contributed by atoms with Gasteiger partial charge in [-0.2, -0.15) is 0 Å². The Labute approximate surface area is 191 Å². The lowest BCUT2D eigenvalue weighted by atomic mass is 9.91. The second-order valence-corrected chi connectivity index (χ2v) is 8.54. The standard InChI is InChI=1S/C30H20ClN/c31-29-18-21(17-27(30(29)32)19-8-2-1-3-9-19)20-14-15-26-24-12-5-4-10-22(24)23-11-6-7-13-25(23)28(26)16-20/h1-18H,32H2. The van der Waals surface area contributed by atoms with Gasteiger partial charge in [0.15, 0.2) is 0 Å². The average Bonchev–Trinajstić information content (AvgIpc) is 2.86. The zero-order valence-corrected chi connectivity index (χ0v) is 18.1. The first-order chi connectivity index (χ1) is 15.7. The van der Waals surface area contributed by atoms with Crippen LogP contribution in [0.3, 0.4) is 0 Å². The second-order valence-electron chi connectivity index (χ2n) is 8.14. The third kappa shape index (κ3) is 2.94. The molecule has 0 heterocycles. The van der Waals surface area contributed by atoms with Crippen LogP contribution in [-0.2, 0) is 0 Å². The van der Waals surface area contributed by atoms with Crippen molar-refractivity contribution in [1.29, 1.82) is 0 Å². The van der Waals surface area contributed by atoms with Crippen molar-refractivity contribution in [2.24, 2.45) is 0 Å². The first kappa shape index (κ1) is 18.9. The van der Waals surface area contributed by atoms with Gasteiger partial charge in [0, 0.05) is 5.56 Å². The van der Waals surface area contributed by atoms with Gasteiger partial charge in [0.1, 0.15) is 0 Å².